The highest BCUT2D eigenvalue weighted by atomic mass is 32.2. The fourth-order valence-electron chi connectivity index (χ4n) is 3.24. The van der Waals surface area contributed by atoms with E-state index < -0.39 is 10.0 Å². The van der Waals surface area contributed by atoms with E-state index in [1.165, 1.54) is 43.2 Å². The number of sulfonamides is 1. The Morgan fingerprint density at radius 3 is 2.43 bits per heavy atom. The monoisotopic (exact) mass is 399 g/mol. The summed E-state index contributed by atoms with van der Waals surface area (Å²) in [6.45, 7) is 6.15. The Kier molecular flexibility index (Phi) is 6.49. The number of nitrogens with one attached hydrogen (secondary N) is 2. The van der Waals surface area contributed by atoms with Crippen molar-refractivity contribution in [1.29, 1.82) is 0 Å². The molecule has 1 aliphatic rings. The Labute approximate surface area is 166 Å². The summed E-state index contributed by atoms with van der Waals surface area (Å²) in [4.78, 5) is 14.9. The van der Waals surface area contributed by atoms with E-state index in [-0.39, 0.29) is 17.3 Å². The molecule has 1 aliphatic heterocycles. The van der Waals surface area contributed by atoms with Gasteiger partial charge in [-0.2, -0.15) is 0 Å². The fraction of sp³-hybridized carbons (Fsp3) is 0.286. The van der Waals surface area contributed by atoms with E-state index in [9.17, 15) is 13.2 Å². The van der Waals surface area contributed by atoms with Gasteiger partial charge in [-0.15, -0.1) is 6.58 Å². The molecule has 0 radical (unpaired) electrons. The molecule has 0 unspecified atom stereocenters. The maximum absolute atomic E-state index is 12.5. The fourth-order valence-corrected chi connectivity index (χ4v) is 4.24. The maximum atomic E-state index is 12.5. The number of carbonyl (C=O) groups is 1. The Morgan fingerprint density at radius 1 is 1.07 bits per heavy atom. The van der Waals surface area contributed by atoms with E-state index in [1.54, 1.807) is 0 Å². The van der Waals surface area contributed by atoms with Crippen molar-refractivity contribution in [3.05, 3.63) is 72.3 Å². The molecular weight excluding hydrogens is 374 g/mol. The van der Waals surface area contributed by atoms with Crippen LogP contribution in [-0.2, 0) is 16.6 Å². The number of hydrogen-bond donors (Lipinski definition) is 2. The molecule has 0 saturated carbocycles. The average Bonchev–Trinajstić information content (AvgIpc) is 3.25. The summed E-state index contributed by atoms with van der Waals surface area (Å²) < 4.78 is 26.6. The lowest BCUT2D eigenvalue weighted by atomic mass is 10.1. The summed E-state index contributed by atoms with van der Waals surface area (Å²) in [6, 6.07) is 14.0. The van der Waals surface area contributed by atoms with Gasteiger partial charge < -0.3 is 10.2 Å². The lowest BCUT2D eigenvalue weighted by Gasteiger charge is -2.21. The largest absolute Gasteiger partial charge is 0.371 e. The standard InChI is InChI=1S/C21H25N3O3S/c1-2-13-23-28(26,27)19-11-9-17(10-12-19)21(25)22-16-18-7-3-4-8-20(18)24-14-5-6-15-24/h2-4,7-12,23H,1,5-6,13-16H2,(H,22,25). The second-order valence-electron chi connectivity index (χ2n) is 6.67. The summed E-state index contributed by atoms with van der Waals surface area (Å²) in [5, 5.41) is 2.93. The van der Waals surface area contributed by atoms with Gasteiger partial charge in [0.25, 0.3) is 5.91 Å². The summed E-state index contributed by atoms with van der Waals surface area (Å²) in [5.41, 5.74) is 2.65. The second-order valence-corrected chi connectivity index (χ2v) is 8.44. The number of rotatable bonds is 8. The molecule has 2 N–H and O–H groups in total. The summed E-state index contributed by atoms with van der Waals surface area (Å²) in [7, 11) is -3.59. The van der Waals surface area contributed by atoms with Crippen molar-refractivity contribution < 1.29 is 13.2 Å². The minimum absolute atomic E-state index is 0.116. The normalized spacial score (nSPS) is 14.1. The molecule has 3 rings (SSSR count). The van der Waals surface area contributed by atoms with E-state index in [0.717, 1.165) is 24.3 Å². The van der Waals surface area contributed by atoms with Gasteiger partial charge in [0, 0.05) is 37.4 Å². The molecule has 2 aromatic rings. The third-order valence-corrected chi connectivity index (χ3v) is 6.16. The van der Waals surface area contributed by atoms with Gasteiger partial charge in [-0.05, 0) is 48.7 Å². The van der Waals surface area contributed by atoms with Crippen LogP contribution in [0.25, 0.3) is 0 Å². The van der Waals surface area contributed by atoms with Crippen LogP contribution in [0.4, 0.5) is 5.69 Å². The first-order valence-corrected chi connectivity index (χ1v) is 10.8. The summed E-state index contributed by atoms with van der Waals surface area (Å²) in [5.74, 6) is -0.237. The van der Waals surface area contributed by atoms with Crippen LogP contribution >= 0.6 is 0 Å². The lowest BCUT2D eigenvalue weighted by molar-refractivity contribution is 0.0951. The van der Waals surface area contributed by atoms with Crippen molar-refractivity contribution in [3.63, 3.8) is 0 Å². The van der Waals surface area contributed by atoms with Crippen LogP contribution in [0.3, 0.4) is 0 Å². The van der Waals surface area contributed by atoms with Gasteiger partial charge in [-0.25, -0.2) is 13.1 Å². The average molecular weight is 400 g/mol. The van der Waals surface area contributed by atoms with Gasteiger partial charge in [0.05, 0.1) is 4.90 Å². The van der Waals surface area contributed by atoms with Crippen molar-refractivity contribution in [1.82, 2.24) is 10.0 Å². The van der Waals surface area contributed by atoms with Crippen molar-refractivity contribution in [2.24, 2.45) is 0 Å². The quantitative estimate of drug-likeness (QED) is 0.669. The first kappa shape index (κ1) is 20.1. The molecule has 0 spiro atoms. The molecule has 1 heterocycles. The van der Waals surface area contributed by atoms with Crippen LogP contribution < -0.4 is 14.9 Å². The highest BCUT2D eigenvalue weighted by Crippen LogP contribution is 2.24. The summed E-state index contributed by atoms with van der Waals surface area (Å²) >= 11 is 0. The molecule has 148 valence electrons. The van der Waals surface area contributed by atoms with Crippen molar-refractivity contribution in [3.8, 4) is 0 Å². The number of amides is 1. The van der Waals surface area contributed by atoms with E-state index in [2.05, 4.69) is 27.6 Å². The molecule has 7 heteroatoms. The van der Waals surface area contributed by atoms with Gasteiger partial charge in [0.2, 0.25) is 10.0 Å². The molecule has 6 nitrogen and oxygen atoms in total. The number of nitrogens with zero attached hydrogens (tertiary/aromatic N) is 1. The van der Waals surface area contributed by atoms with E-state index in [0.29, 0.717) is 12.1 Å². The molecule has 1 saturated heterocycles. The molecule has 0 aromatic heterocycles. The predicted molar refractivity (Wildman–Crippen MR) is 111 cm³/mol. The zero-order chi connectivity index (χ0) is 20.0. The molecule has 0 bridgehead atoms. The number of anilines is 1. The van der Waals surface area contributed by atoms with Gasteiger partial charge in [0.1, 0.15) is 0 Å². The zero-order valence-corrected chi connectivity index (χ0v) is 16.5. The van der Waals surface area contributed by atoms with Crippen LogP contribution in [0.5, 0.6) is 0 Å². The van der Waals surface area contributed by atoms with Crippen LogP contribution in [0.2, 0.25) is 0 Å². The highest BCUT2D eigenvalue weighted by Gasteiger charge is 2.17. The zero-order valence-electron chi connectivity index (χ0n) is 15.7. The highest BCUT2D eigenvalue weighted by molar-refractivity contribution is 7.89. The van der Waals surface area contributed by atoms with E-state index >= 15 is 0 Å². The first-order chi connectivity index (χ1) is 13.5. The smallest absolute Gasteiger partial charge is 0.251 e. The molecular formula is C21H25N3O3S. The van der Waals surface area contributed by atoms with E-state index in [1.807, 2.05) is 18.2 Å². The Balaban J connectivity index is 1.65. The first-order valence-electron chi connectivity index (χ1n) is 9.33. The number of carbonyl (C=O) groups excluding carboxylic acids is 1. The minimum atomic E-state index is -3.59. The number of hydrogen-bond acceptors (Lipinski definition) is 4. The SMILES string of the molecule is C=CCNS(=O)(=O)c1ccc(C(=O)NCc2ccccc2N2CCCC2)cc1. The number of benzene rings is 2. The van der Waals surface area contributed by atoms with Gasteiger partial charge in [0.15, 0.2) is 0 Å². The Hall–Kier alpha value is -2.64. The lowest BCUT2D eigenvalue weighted by Crippen LogP contribution is -2.26. The van der Waals surface area contributed by atoms with Gasteiger partial charge in [-0.3, -0.25) is 4.79 Å². The van der Waals surface area contributed by atoms with Gasteiger partial charge in [-0.1, -0.05) is 24.3 Å². The summed E-state index contributed by atoms with van der Waals surface area (Å²) in [6.07, 6.45) is 3.86. The van der Waals surface area contributed by atoms with Crippen LogP contribution in [0.1, 0.15) is 28.8 Å². The molecule has 0 atom stereocenters. The molecule has 0 aliphatic carbocycles. The number of para-hydroxylation sites is 1. The topological polar surface area (TPSA) is 78.5 Å². The van der Waals surface area contributed by atoms with Crippen LogP contribution in [-0.4, -0.2) is 34.0 Å². The molecule has 28 heavy (non-hydrogen) atoms. The molecule has 1 amide bonds. The maximum Gasteiger partial charge on any atom is 0.251 e. The second kappa shape index (κ2) is 9.03. The van der Waals surface area contributed by atoms with Crippen LogP contribution in [0.15, 0.2) is 66.1 Å². The third kappa shape index (κ3) is 4.79. The van der Waals surface area contributed by atoms with E-state index in [4.69, 9.17) is 0 Å². The predicted octanol–water partition coefficient (Wildman–Crippen LogP) is 2.68. The molecule has 1 fully saturated rings. The Morgan fingerprint density at radius 2 is 1.75 bits per heavy atom. The third-order valence-electron chi connectivity index (χ3n) is 4.72. The molecule has 2 aromatic carbocycles. The van der Waals surface area contributed by atoms with Crippen molar-refractivity contribution >= 4 is 21.6 Å². The Bertz CT molecular complexity index is 934. The minimum Gasteiger partial charge on any atom is -0.371 e. The van der Waals surface area contributed by atoms with Crippen molar-refractivity contribution in [2.75, 3.05) is 24.5 Å². The van der Waals surface area contributed by atoms with Crippen LogP contribution in [0, 0.1) is 0 Å². The van der Waals surface area contributed by atoms with Gasteiger partial charge >= 0.3 is 0 Å². The van der Waals surface area contributed by atoms with Crippen molar-refractivity contribution in [2.45, 2.75) is 24.3 Å².